The fourth-order valence-corrected chi connectivity index (χ4v) is 2.09. The molecule has 0 saturated heterocycles. The zero-order valence-corrected chi connectivity index (χ0v) is 9.78. The molecule has 0 bridgehead atoms. The van der Waals surface area contributed by atoms with Gasteiger partial charge in [-0.2, -0.15) is 0 Å². The summed E-state index contributed by atoms with van der Waals surface area (Å²) in [5.74, 6) is -0.432. The van der Waals surface area contributed by atoms with Gasteiger partial charge in [0.15, 0.2) is 5.82 Å². The molecule has 5 heteroatoms. The van der Waals surface area contributed by atoms with E-state index in [1.54, 1.807) is 18.3 Å². The summed E-state index contributed by atoms with van der Waals surface area (Å²) in [5.41, 5.74) is 6.60. The van der Waals surface area contributed by atoms with Crippen LogP contribution in [0.2, 0.25) is 0 Å². The van der Waals surface area contributed by atoms with Gasteiger partial charge in [0.05, 0.1) is 23.3 Å². The zero-order valence-electron chi connectivity index (χ0n) is 9.78. The van der Waals surface area contributed by atoms with Gasteiger partial charge < -0.3 is 16.2 Å². The van der Waals surface area contributed by atoms with Crippen LogP contribution in [0.15, 0.2) is 24.4 Å². The number of hydrogen-bond acceptors (Lipinski definition) is 4. The minimum absolute atomic E-state index is 0.00879. The lowest BCUT2D eigenvalue weighted by molar-refractivity contribution is 0.266. The molecule has 0 amide bonds. The van der Waals surface area contributed by atoms with Gasteiger partial charge in [-0.05, 0) is 31.0 Å². The molecule has 1 aromatic carbocycles. The molecule has 1 saturated carbocycles. The van der Waals surface area contributed by atoms with Crippen LogP contribution in [-0.4, -0.2) is 22.2 Å². The van der Waals surface area contributed by atoms with Gasteiger partial charge in [-0.1, -0.05) is 0 Å². The van der Waals surface area contributed by atoms with E-state index < -0.39 is 5.82 Å². The Morgan fingerprint density at radius 2 is 2.28 bits per heavy atom. The highest BCUT2D eigenvalue weighted by Gasteiger charge is 2.42. The van der Waals surface area contributed by atoms with Crippen molar-refractivity contribution in [1.29, 1.82) is 0 Å². The lowest BCUT2D eigenvalue weighted by Gasteiger charge is -2.18. The van der Waals surface area contributed by atoms with E-state index in [9.17, 15) is 9.50 Å². The van der Waals surface area contributed by atoms with Crippen molar-refractivity contribution in [2.24, 2.45) is 0 Å². The molecule has 94 valence electrons. The number of aliphatic hydroxyl groups excluding tert-OH is 1. The first-order valence-electron chi connectivity index (χ1n) is 5.87. The third-order valence-corrected chi connectivity index (χ3v) is 3.42. The van der Waals surface area contributed by atoms with Crippen LogP contribution in [0.4, 0.5) is 15.8 Å². The molecule has 4 nitrogen and oxygen atoms in total. The van der Waals surface area contributed by atoms with Crippen LogP contribution >= 0.6 is 0 Å². The van der Waals surface area contributed by atoms with Gasteiger partial charge in [-0.25, -0.2) is 4.39 Å². The third-order valence-electron chi connectivity index (χ3n) is 3.42. The number of nitrogens with zero attached hydrogens (tertiary/aromatic N) is 1. The summed E-state index contributed by atoms with van der Waals surface area (Å²) in [5, 5.41) is 13.1. The number of aromatic nitrogens is 1. The average molecular weight is 247 g/mol. The molecule has 0 atom stereocenters. The molecule has 1 heterocycles. The summed E-state index contributed by atoms with van der Waals surface area (Å²) in [6.07, 6.45) is 3.27. The molecule has 1 aliphatic carbocycles. The van der Waals surface area contributed by atoms with Crippen LogP contribution in [0, 0.1) is 5.82 Å². The minimum atomic E-state index is -0.432. The molecule has 3 rings (SSSR count). The van der Waals surface area contributed by atoms with Gasteiger partial charge in [0.25, 0.3) is 0 Å². The van der Waals surface area contributed by atoms with Gasteiger partial charge in [0.2, 0.25) is 0 Å². The van der Waals surface area contributed by atoms with Crippen LogP contribution in [0.3, 0.4) is 0 Å². The first kappa shape index (κ1) is 11.2. The third kappa shape index (κ3) is 1.67. The van der Waals surface area contributed by atoms with Crippen molar-refractivity contribution >= 4 is 22.3 Å². The van der Waals surface area contributed by atoms with Crippen molar-refractivity contribution in [3.8, 4) is 0 Å². The number of fused-ring (bicyclic) bond motifs is 1. The first-order valence-corrected chi connectivity index (χ1v) is 5.87. The SMILES string of the molecule is Nc1cc(F)c(NC2(CO)CC2)c2ncccc12. The van der Waals surface area contributed by atoms with Crippen LogP contribution in [0.5, 0.6) is 0 Å². The summed E-state index contributed by atoms with van der Waals surface area (Å²) in [7, 11) is 0. The second kappa shape index (κ2) is 3.81. The Labute approximate surface area is 104 Å². The highest BCUT2D eigenvalue weighted by Crippen LogP contribution is 2.41. The maximum Gasteiger partial charge on any atom is 0.150 e. The molecule has 0 unspecified atom stereocenters. The molecule has 1 aliphatic rings. The molecule has 18 heavy (non-hydrogen) atoms. The van der Waals surface area contributed by atoms with Crippen LogP contribution in [0.1, 0.15) is 12.8 Å². The quantitative estimate of drug-likeness (QED) is 0.724. The van der Waals surface area contributed by atoms with Crippen molar-refractivity contribution in [3.05, 3.63) is 30.2 Å². The molecule has 0 spiro atoms. The average Bonchev–Trinajstić information content (AvgIpc) is 3.15. The predicted molar refractivity (Wildman–Crippen MR) is 68.8 cm³/mol. The Kier molecular flexibility index (Phi) is 2.38. The lowest BCUT2D eigenvalue weighted by Crippen LogP contribution is -2.26. The summed E-state index contributed by atoms with van der Waals surface area (Å²) in [6, 6.07) is 4.86. The van der Waals surface area contributed by atoms with E-state index in [1.165, 1.54) is 6.07 Å². The second-order valence-electron chi connectivity index (χ2n) is 4.79. The van der Waals surface area contributed by atoms with Crippen molar-refractivity contribution in [2.45, 2.75) is 18.4 Å². The second-order valence-corrected chi connectivity index (χ2v) is 4.79. The number of halogens is 1. The fraction of sp³-hybridized carbons (Fsp3) is 0.308. The monoisotopic (exact) mass is 247 g/mol. The Hall–Kier alpha value is -1.88. The Balaban J connectivity index is 2.16. The number of nitrogen functional groups attached to an aromatic ring is 1. The largest absolute Gasteiger partial charge is 0.398 e. The number of pyridine rings is 1. The summed E-state index contributed by atoms with van der Waals surface area (Å²) in [4.78, 5) is 4.18. The fourth-order valence-electron chi connectivity index (χ4n) is 2.09. The Morgan fingerprint density at radius 3 is 2.94 bits per heavy atom. The molecule has 4 N–H and O–H groups in total. The normalized spacial score (nSPS) is 16.8. The van der Waals surface area contributed by atoms with Crippen LogP contribution in [0.25, 0.3) is 10.9 Å². The zero-order chi connectivity index (χ0) is 12.8. The summed E-state index contributed by atoms with van der Waals surface area (Å²) in [6.45, 7) is -0.00879. The number of nitrogens with two attached hydrogens (primary N) is 1. The smallest absolute Gasteiger partial charge is 0.150 e. The first-order chi connectivity index (χ1) is 8.65. The number of hydrogen-bond donors (Lipinski definition) is 3. The van der Waals surface area contributed by atoms with Crippen molar-refractivity contribution in [1.82, 2.24) is 4.98 Å². The van der Waals surface area contributed by atoms with E-state index in [0.717, 1.165) is 18.2 Å². The van der Waals surface area contributed by atoms with Crippen LogP contribution in [-0.2, 0) is 0 Å². The highest BCUT2D eigenvalue weighted by molar-refractivity contribution is 5.98. The number of nitrogens with one attached hydrogen (secondary N) is 1. The number of anilines is 2. The minimum Gasteiger partial charge on any atom is -0.398 e. The molecular weight excluding hydrogens is 233 g/mol. The summed E-state index contributed by atoms with van der Waals surface area (Å²) < 4.78 is 14.0. The van der Waals surface area contributed by atoms with E-state index in [-0.39, 0.29) is 12.1 Å². The van der Waals surface area contributed by atoms with Crippen molar-refractivity contribution in [3.63, 3.8) is 0 Å². The van der Waals surface area contributed by atoms with Gasteiger partial charge in [-0.3, -0.25) is 4.98 Å². The van der Waals surface area contributed by atoms with Crippen molar-refractivity contribution in [2.75, 3.05) is 17.7 Å². The number of benzene rings is 1. The van der Waals surface area contributed by atoms with E-state index in [0.29, 0.717) is 16.9 Å². The number of aliphatic hydroxyl groups is 1. The van der Waals surface area contributed by atoms with E-state index in [2.05, 4.69) is 10.3 Å². The van der Waals surface area contributed by atoms with Gasteiger partial charge in [0, 0.05) is 17.3 Å². The molecule has 0 radical (unpaired) electrons. The van der Waals surface area contributed by atoms with Gasteiger partial charge >= 0.3 is 0 Å². The van der Waals surface area contributed by atoms with Crippen LogP contribution < -0.4 is 11.1 Å². The van der Waals surface area contributed by atoms with Gasteiger partial charge in [0.1, 0.15) is 0 Å². The molecular formula is C13H14FN3O. The topological polar surface area (TPSA) is 71.2 Å². The maximum atomic E-state index is 14.0. The Morgan fingerprint density at radius 1 is 1.50 bits per heavy atom. The van der Waals surface area contributed by atoms with E-state index in [1.807, 2.05) is 0 Å². The number of rotatable bonds is 3. The molecule has 0 aliphatic heterocycles. The van der Waals surface area contributed by atoms with Gasteiger partial charge in [-0.15, -0.1) is 0 Å². The molecule has 1 fully saturated rings. The lowest BCUT2D eigenvalue weighted by atomic mass is 10.1. The maximum absolute atomic E-state index is 14.0. The highest BCUT2D eigenvalue weighted by atomic mass is 19.1. The summed E-state index contributed by atoms with van der Waals surface area (Å²) >= 11 is 0. The van der Waals surface area contributed by atoms with E-state index in [4.69, 9.17) is 5.73 Å². The predicted octanol–water partition coefficient (Wildman–Crippen LogP) is 1.89. The van der Waals surface area contributed by atoms with E-state index >= 15 is 0 Å². The van der Waals surface area contributed by atoms with Crippen molar-refractivity contribution < 1.29 is 9.50 Å². The Bertz CT molecular complexity index is 610. The molecule has 2 aromatic rings. The molecule has 1 aromatic heterocycles. The standard InChI is InChI=1S/C13H14FN3O/c14-9-6-10(15)8-2-1-5-16-11(8)12(9)17-13(7-18)3-4-13/h1-2,5-6,17-18H,3-4,7,15H2.